The molecule has 0 amide bonds. The molecule has 0 radical (unpaired) electrons. The summed E-state index contributed by atoms with van der Waals surface area (Å²) in [5.41, 5.74) is 0. The van der Waals surface area contributed by atoms with E-state index in [-0.39, 0.29) is 0 Å². The van der Waals surface area contributed by atoms with Gasteiger partial charge in [0.15, 0.2) is 0 Å². The molecule has 1 aliphatic carbocycles. The Morgan fingerprint density at radius 2 is 1.79 bits per heavy atom. The van der Waals surface area contributed by atoms with E-state index in [0.29, 0.717) is 10.4 Å². The van der Waals surface area contributed by atoms with Crippen LogP contribution in [0.1, 0.15) is 19.3 Å². The van der Waals surface area contributed by atoms with E-state index in [0.717, 1.165) is 12.8 Å². The molecule has 0 unspecified atom stereocenters. The summed E-state index contributed by atoms with van der Waals surface area (Å²) in [6.07, 6.45) is 7.79. The Hall–Kier alpha value is -1.09. The van der Waals surface area contributed by atoms with Crippen LogP contribution in [0.25, 0.3) is 0 Å². The van der Waals surface area contributed by atoms with Crippen molar-refractivity contribution in [1.82, 2.24) is 0 Å². The quantitative estimate of drug-likeness (QED) is 0.690. The molecule has 0 saturated heterocycles. The van der Waals surface area contributed by atoms with Gasteiger partial charge in [-0.05, 0) is 0 Å². The fraction of sp³-hybridized carbons (Fsp3) is 0.300. The summed E-state index contributed by atoms with van der Waals surface area (Å²) in [7, 11) is 0. The van der Waals surface area contributed by atoms with Crippen molar-refractivity contribution in [3.8, 4) is 0 Å². The van der Waals surface area contributed by atoms with Crippen molar-refractivity contribution in [1.29, 1.82) is 0 Å². The first-order valence-electron chi connectivity index (χ1n) is 4.22. The molecule has 74 valence electrons. The normalized spacial score (nSPS) is 15.9. The predicted molar refractivity (Wildman–Crippen MR) is 49.5 cm³/mol. The summed E-state index contributed by atoms with van der Waals surface area (Å²) in [4.78, 5) is 32.0. The molecule has 1 aliphatic rings. The topological polar surface area (TPSA) is 51.2 Å². The fourth-order valence-electron chi connectivity index (χ4n) is 1.27. The van der Waals surface area contributed by atoms with Gasteiger partial charge in [-0.1, -0.05) is 0 Å². The fourth-order valence-corrected chi connectivity index (χ4v) is 5.82. The molecule has 1 rings (SSSR count). The molecule has 0 bridgehead atoms. The van der Waals surface area contributed by atoms with Gasteiger partial charge in [0, 0.05) is 0 Å². The summed E-state index contributed by atoms with van der Waals surface area (Å²) in [5.74, 6) is 0. The summed E-state index contributed by atoms with van der Waals surface area (Å²) < 4.78 is 5.52. The molecule has 0 heterocycles. The van der Waals surface area contributed by atoms with Crippen molar-refractivity contribution in [2.45, 2.75) is 19.3 Å². The van der Waals surface area contributed by atoms with Gasteiger partial charge in [0.25, 0.3) is 0 Å². The molecule has 3 nitrogen and oxygen atoms in total. The summed E-state index contributed by atoms with van der Waals surface area (Å²) in [5, 5.41) is 0. The van der Waals surface area contributed by atoms with Crippen LogP contribution < -0.4 is 0 Å². The third kappa shape index (κ3) is 2.04. The molecule has 4 heteroatoms. The Labute approximate surface area is 83.5 Å². The van der Waals surface area contributed by atoms with E-state index in [1.807, 2.05) is 6.08 Å². The Balaban J connectivity index is 3.53. The monoisotopic (exact) mass is 362 g/mol. The van der Waals surface area contributed by atoms with Crippen LogP contribution in [0.15, 0.2) is 22.2 Å². The van der Waals surface area contributed by atoms with Gasteiger partial charge < -0.3 is 0 Å². The van der Waals surface area contributed by atoms with E-state index in [9.17, 15) is 14.4 Å². The van der Waals surface area contributed by atoms with Crippen molar-refractivity contribution in [3.63, 3.8) is 0 Å². The van der Waals surface area contributed by atoms with E-state index in [1.54, 1.807) is 25.0 Å². The minimum atomic E-state index is -4.30. The molecular formula is C10H10O3W. The first-order chi connectivity index (χ1) is 6.79. The van der Waals surface area contributed by atoms with E-state index in [4.69, 9.17) is 0 Å². The second-order valence-electron chi connectivity index (χ2n) is 2.92. The number of hydrogen-bond donors (Lipinski definition) is 0. The minimum absolute atomic E-state index is 0.616. The van der Waals surface area contributed by atoms with Crippen LogP contribution in [0.4, 0.5) is 0 Å². The van der Waals surface area contributed by atoms with Gasteiger partial charge in [0.05, 0.1) is 0 Å². The summed E-state index contributed by atoms with van der Waals surface area (Å²) in [6.45, 7) is 0. The van der Waals surface area contributed by atoms with E-state index in [2.05, 4.69) is 0 Å². The number of allylic oxidation sites excluding steroid dienone is 4. The van der Waals surface area contributed by atoms with Crippen LogP contribution in [0, 0.1) is 0 Å². The van der Waals surface area contributed by atoms with Crippen LogP contribution >= 0.6 is 0 Å². The average Bonchev–Trinajstić information content (AvgIpc) is 2.51. The van der Waals surface area contributed by atoms with E-state index in [1.165, 1.54) is 0 Å². The molecule has 0 spiro atoms. The Kier molecular flexibility index (Phi) is 3.89. The SMILES string of the molecule is O=[C]=[WH](=[C]=O)(=[C]=O)[C]1=CC=CCCC1. The zero-order valence-electron chi connectivity index (χ0n) is 7.53. The first kappa shape index (κ1) is 11.0. The summed E-state index contributed by atoms with van der Waals surface area (Å²) >= 11 is -4.30. The second kappa shape index (κ2) is 4.96. The number of carbonyl (C=O) groups excluding carboxylic acids is 3. The Morgan fingerprint density at radius 1 is 1.14 bits per heavy atom. The van der Waals surface area contributed by atoms with Crippen molar-refractivity contribution < 1.29 is 29.1 Å². The number of hydrogen-bond acceptors (Lipinski definition) is 3. The van der Waals surface area contributed by atoms with Crippen molar-refractivity contribution in [2.75, 3.05) is 0 Å². The maximum absolute atomic E-state index is 10.7. The zero-order valence-corrected chi connectivity index (χ0v) is 10.7. The molecule has 0 aromatic heterocycles. The van der Waals surface area contributed by atoms with Crippen LogP contribution in [0.5, 0.6) is 0 Å². The maximum atomic E-state index is 10.7. The van der Waals surface area contributed by atoms with Gasteiger partial charge in [-0.3, -0.25) is 0 Å². The van der Waals surface area contributed by atoms with Gasteiger partial charge >= 0.3 is 83.3 Å². The Morgan fingerprint density at radius 3 is 2.36 bits per heavy atom. The summed E-state index contributed by atoms with van der Waals surface area (Å²) in [6, 6.07) is 0. The van der Waals surface area contributed by atoms with Gasteiger partial charge in [-0.2, -0.15) is 0 Å². The third-order valence-corrected chi connectivity index (χ3v) is 9.46. The van der Waals surface area contributed by atoms with Gasteiger partial charge in [-0.25, -0.2) is 0 Å². The van der Waals surface area contributed by atoms with Crippen LogP contribution in [0.2, 0.25) is 0 Å². The van der Waals surface area contributed by atoms with Crippen molar-refractivity contribution >= 4 is 12.8 Å². The second-order valence-corrected chi connectivity index (χ2v) is 11.8. The van der Waals surface area contributed by atoms with Gasteiger partial charge in [0.2, 0.25) is 0 Å². The standard InChI is InChI=1S/C7H9.3CO.W.H/c1-2-4-6-7-5-3-1;3*1-2;;/h1-3H,4,6-7H2;;;;;. The molecule has 0 fully saturated rings. The average molecular weight is 362 g/mol. The van der Waals surface area contributed by atoms with Crippen molar-refractivity contribution in [3.05, 3.63) is 22.2 Å². The Bertz CT molecular complexity index is 487. The van der Waals surface area contributed by atoms with Crippen molar-refractivity contribution in [2.24, 2.45) is 0 Å². The molecule has 0 atom stereocenters. The molecular weight excluding hydrogens is 352 g/mol. The first-order valence-corrected chi connectivity index (χ1v) is 10.7. The molecule has 0 aromatic carbocycles. The van der Waals surface area contributed by atoms with E-state index >= 15 is 0 Å². The van der Waals surface area contributed by atoms with E-state index < -0.39 is 14.7 Å². The third-order valence-electron chi connectivity index (χ3n) is 2.07. The molecule has 0 saturated carbocycles. The molecule has 0 N–H and O–H groups in total. The van der Waals surface area contributed by atoms with Gasteiger partial charge in [0.1, 0.15) is 0 Å². The predicted octanol–water partition coefficient (Wildman–Crippen LogP) is 0.698. The van der Waals surface area contributed by atoms with Crippen LogP contribution in [-0.4, -0.2) is 12.8 Å². The molecule has 0 aliphatic heterocycles. The zero-order chi connectivity index (χ0) is 10.4. The molecule has 0 aromatic rings. The van der Waals surface area contributed by atoms with Crippen LogP contribution in [-0.2, 0) is 29.1 Å². The van der Waals surface area contributed by atoms with Crippen LogP contribution in [0.3, 0.4) is 0 Å². The number of rotatable bonds is 1. The van der Waals surface area contributed by atoms with Gasteiger partial charge in [-0.15, -0.1) is 0 Å². The molecule has 14 heavy (non-hydrogen) atoms.